The Balaban J connectivity index is 2.16. The number of aromatic nitrogens is 1. The molecule has 0 aliphatic carbocycles. The molecule has 2 heterocycles. The van der Waals surface area contributed by atoms with Gasteiger partial charge in [-0.05, 0) is 19.3 Å². The van der Waals surface area contributed by atoms with E-state index in [1.165, 1.54) is 7.11 Å². The molecule has 1 aliphatic heterocycles. The molecular formula is C10H14N2O2S. The molecule has 0 amide bonds. The van der Waals surface area contributed by atoms with Gasteiger partial charge in [0, 0.05) is 18.1 Å². The van der Waals surface area contributed by atoms with Crippen molar-refractivity contribution in [3.8, 4) is 0 Å². The molecule has 1 saturated heterocycles. The fourth-order valence-electron chi connectivity index (χ4n) is 1.90. The molecule has 5 heteroatoms. The van der Waals surface area contributed by atoms with Crippen molar-refractivity contribution in [2.45, 2.75) is 25.3 Å². The zero-order valence-electron chi connectivity index (χ0n) is 8.68. The van der Waals surface area contributed by atoms with E-state index < -0.39 is 0 Å². The van der Waals surface area contributed by atoms with E-state index >= 15 is 0 Å². The lowest BCUT2D eigenvalue weighted by molar-refractivity contribution is -0.142. The Morgan fingerprint density at radius 2 is 2.53 bits per heavy atom. The number of thiazole rings is 1. The average Bonchev–Trinajstić information content (AvgIpc) is 2.81. The van der Waals surface area contributed by atoms with Gasteiger partial charge in [-0.1, -0.05) is 0 Å². The van der Waals surface area contributed by atoms with Crippen LogP contribution in [0.15, 0.2) is 11.6 Å². The Morgan fingerprint density at radius 1 is 1.67 bits per heavy atom. The first-order valence-electron chi connectivity index (χ1n) is 5.07. The molecule has 0 spiro atoms. The Kier molecular flexibility index (Phi) is 3.20. The Hall–Kier alpha value is -1.10. The van der Waals surface area contributed by atoms with E-state index in [2.05, 4.69) is 9.88 Å². The molecule has 0 saturated carbocycles. The number of piperidine rings is 1. The first kappa shape index (κ1) is 10.4. The molecule has 0 N–H and O–H groups in total. The van der Waals surface area contributed by atoms with Crippen LogP contribution in [-0.2, 0) is 9.53 Å². The molecule has 0 radical (unpaired) electrons. The van der Waals surface area contributed by atoms with E-state index in [0.29, 0.717) is 0 Å². The Bertz CT molecular complexity index is 326. The summed E-state index contributed by atoms with van der Waals surface area (Å²) in [5, 5.41) is 2.85. The summed E-state index contributed by atoms with van der Waals surface area (Å²) < 4.78 is 4.81. The van der Waals surface area contributed by atoms with Gasteiger partial charge in [0.15, 0.2) is 5.13 Å². The molecule has 0 bridgehead atoms. The van der Waals surface area contributed by atoms with Gasteiger partial charge in [0.05, 0.1) is 7.11 Å². The maximum Gasteiger partial charge on any atom is 0.328 e. The number of carbonyl (C=O) groups is 1. The van der Waals surface area contributed by atoms with Gasteiger partial charge < -0.3 is 9.64 Å². The van der Waals surface area contributed by atoms with E-state index in [1.807, 2.05) is 5.38 Å². The highest BCUT2D eigenvalue weighted by Gasteiger charge is 2.30. The number of methoxy groups -OCH3 is 1. The SMILES string of the molecule is COC(=O)C1CCCCN1c1nccs1. The van der Waals surface area contributed by atoms with Gasteiger partial charge in [-0.15, -0.1) is 11.3 Å². The number of carbonyl (C=O) groups excluding carboxylic acids is 1. The topological polar surface area (TPSA) is 42.4 Å². The third-order valence-corrected chi connectivity index (χ3v) is 3.45. The minimum atomic E-state index is -0.148. The van der Waals surface area contributed by atoms with Crippen LogP contribution in [0.1, 0.15) is 19.3 Å². The summed E-state index contributed by atoms with van der Waals surface area (Å²) in [5.41, 5.74) is 0. The van der Waals surface area contributed by atoms with Crippen LogP contribution in [0.3, 0.4) is 0 Å². The van der Waals surface area contributed by atoms with E-state index in [4.69, 9.17) is 4.74 Å². The van der Waals surface area contributed by atoms with E-state index in [9.17, 15) is 4.79 Å². The number of nitrogens with zero attached hydrogens (tertiary/aromatic N) is 2. The van der Waals surface area contributed by atoms with Crippen LogP contribution in [-0.4, -0.2) is 30.6 Å². The molecule has 15 heavy (non-hydrogen) atoms. The molecule has 1 aliphatic rings. The van der Waals surface area contributed by atoms with Gasteiger partial charge in [-0.2, -0.15) is 0 Å². The lowest BCUT2D eigenvalue weighted by Crippen LogP contribution is -2.45. The van der Waals surface area contributed by atoms with E-state index in [1.54, 1.807) is 17.5 Å². The summed E-state index contributed by atoms with van der Waals surface area (Å²) in [4.78, 5) is 17.9. The number of anilines is 1. The summed E-state index contributed by atoms with van der Waals surface area (Å²) >= 11 is 1.57. The molecule has 1 aromatic heterocycles. The van der Waals surface area contributed by atoms with Crippen LogP contribution >= 0.6 is 11.3 Å². The van der Waals surface area contributed by atoms with Crippen LogP contribution in [0, 0.1) is 0 Å². The summed E-state index contributed by atoms with van der Waals surface area (Å²) in [6.07, 6.45) is 4.84. The number of rotatable bonds is 2. The average molecular weight is 226 g/mol. The van der Waals surface area contributed by atoms with Crippen molar-refractivity contribution in [2.75, 3.05) is 18.6 Å². The standard InChI is InChI=1S/C10H14N2O2S/c1-14-9(13)8-4-2-3-6-12(8)10-11-5-7-15-10/h5,7-8H,2-4,6H2,1H3. The highest BCUT2D eigenvalue weighted by molar-refractivity contribution is 7.13. The minimum Gasteiger partial charge on any atom is -0.467 e. The van der Waals surface area contributed by atoms with Crippen molar-refractivity contribution < 1.29 is 9.53 Å². The number of hydrogen-bond donors (Lipinski definition) is 0. The zero-order valence-corrected chi connectivity index (χ0v) is 9.50. The normalized spacial score (nSPS) is 21.4. The van der Waals surface area contributed by atoms with E-state index in [-0.39, 0.29) is 12.0 Å². The maximum atomic E-state index is 11.6. The second kappa shape index (κ2) is 4.61. The second-order valence-corrected chi connectivity index (χ2v) is 4.42. The number of esters is 1. The maximum absolute atomic E-state index is 11.6. The van der Waals surface area contributed by atoms with Crippen LogP contribution in [0.2, 0.25) is 0 Å². The Morgan fingerprint density at radius 3 is 3.20 bits per heavy atom. The van der Waals surface area contributed by atoms with Gasteiger partial charge in [0.2, 0.25) is 0 Å². The lowest BCUT2D eigenvalue weighted by Gasteiger charge is -2.33. The van der Waals surface area contributed by atoms with Gasteiger partial charge in [0.25, 0.3) is 0 Å². The monoisotopic (exact) mass is 226 g/mol. The number of ether oxygens (including phenoxy) is 1. The highest BCUT2D eigenvalue weighted by Crippen LogP contribution is 2.26. The fourth-order valence-corrected chi connectivity index (χ4v) is 2.62. The predicted octanol–water partition coefficient (Wildman–Crippen LogP) is 1.67. The third-order valence-electron chi connectivity index (χ3n) is 2.64. The third kappa shape index (κ3) is 2.12. The van der Waals surface area contributed by atoms with Crippen molar-refractivity contribution in [1.29, 1.82) is 0 Å². The second-order valence-electron chi connectivity index (χ2n) is 3.54. The molecule has 1 unspecified atom stereocenters. The van der Waals surface area contributed by atoms with Crippen molar-refractivity contribution in [3.63, 3.8) is 0 Å². The highest BCUT2D eigenvalue weighted by atomic mass is 32.1. The molecular weight excluding hydrogens is 212 g/mol. The summed E-state index contributed by atoms with van der Waals surface area (Å²) in [6, 6.07) is -0.144. The minimum absolute atomic E-state index is 0.144. The molecule has 82 valence electrons. The van der Waals surface area contributed by atoms with Gasteiger partial charge in [0.1, 0.15) is 6.04 Å². The van der Waals surface area contributed by atoms with Gasteiger partial charge in [-0.25, -0.2) is 9.78 Å². The quantitative estimate of drug-likeness (QED) is 0.719. The Labute approximate surface area is 92.9 Å². The molecule has 1 aromatic rings. The van der Waals surface area contributed by atoms with Crippen LogP contribution in [0.4, 0.5) is 5.13 Å². The van der Waals surface area contributed by atoms with Crippen molar-refractivity contribution in [2.24, 2.45) is 0 Å². The van der Waals surface area contributed by atoms with Crippen LogP contribution in [0.5, 0.6) is 0 Å². The molecule has 0 aromatic carbocycles. The predicted molar refractivity (Wildman–Crippen MR) is 59.1 cm³/mol. The summed E-state index contributed by atoms with van der Waals surface area (Å²) in [5.74, 6) is -0.148. The largest absolute Gasteiger partial charge is 0.467 e. The summed E-state index contributed by atoms with van der Waals surface area (Å²) in [7, 11) is 1.44. The molecule has 2 rings (SSSR count). The van der Waals surface area contributed by atoms with Crippen molar-refractivity contribution in [3.05, 3.63) is 11.6 Å². The smallest absolute Gasteiger partial charge is 0.328 e. The summed E-state index contributed by atoms with van der Waals surface area (Å²) in [6.45, 7) is 0.896. The lowest BCUT2D eigenvalue weighted by atomic mass is 10.0. The van der Waals surface area contributed by atoms with Gasteiger partial charge >= 0.3 is 5.97 Å². The zero-order chi connectivity index (χ0) is 10.7. The van der Waals surface area contributed by atoms with Crippen molar-refractivity contribution in [1.82, 2.24) is 4.98 Å². The first-order chi connectivity index (χ1) is 7.33. The molecule has 4 nitrogen and oxygen atoms in total. The molecule has 1 fully saturated rings. The molecule has 1 atom stereocenters. The van der Waals surface area contributed by atoms with Crippen molar-refractivity contribution >= 4 is 22.4 Å². The van der Waals surface area contributed by atoms with E-state index in [0.717, 1.165) is 30.9 Å². The van der Waals surface area contributed by atoms with Gasteiger partial charge in [-0.3, -0.25) is 0 Å². The first-order valence-corrected chi connectivity index (χ1v) is 5.95. The van der Waals surface area contributed by atoms with Crippen LogP contribution in [0.25, 0.3) is 0 Å². The van der Waals surface area contributed by atoms with Crippen LogP contribution < -0.4 is 4.90 Å². The number of hydrogen-bond acceptors (Lipinski definition) is 5. The fraction of sp³-hybridized carbons (Fsp3) is 0.600.